The van der Waals surface area contributed by atoms with Crippen molar-refractivity contribution in [3.63, 3.8) is 0 Å². The summed E-state index contributed by atoms with van der Waals surface area (Å²) in [6.45, 7) is 5.22. The second-order valence-corrected chi connectivity index (χ2v) is 5.75. The zero-order valence-electron chi connectivity index (χ0n) is 13.7. The lowest BCUT2D eigenvalue weighted by molar-refractivity contribution is 0.135. The summed E-state index contributed by atoms with van der Waals surface area (Å²) in [4.78, 5) is 4.43. The Balaban J connectivity index is 1.80. The van der Waals surface area contributed by atoms with Crippen LogP contribution < -0.4 is 10.7 Å². The van der Waals surface area contributed by atoms with Gasteiger partial charge in [0.1, 0.15) is 0 Å². The molecule has 0 fully saturated rings. The molecule has 0 radical (unpaired) electrons. The van der Waals surface area contributed by atoms with Gasteiger partial charge in [0.2, 0.25) is 0 Å². The van der Waals surface area contributed by atoms with Gasteiger partial charge in [0.05, 0.1) is 36.2 Å². The van der Waals surface area contributed by atoms with Gasteiger partial charge >= 0.3 is 0 Å². The van der Waals surface area contributed by atoms with Crippen LogP contribution >= 0.6 is 0 Å². The topological polar surface area (TPSA) is 43.0 Å². The summed E-state index contributed by atoms with van der Waals surface area (Å²) >= 11 is 0. The Hall–Kier alpha value is -2.33. The third-order valence-electron chi connectivity index (χ3n) is 4.07. The number of aromatic nitrogens is 3. The maximum atomic E-state index is 10.5. The number of hydrogen-bond acceptors (Lipinski definition) is 2. The SMILES string of the molecule is C/C=c1\c(=C/CC)ncn1CC(O)Cn1ccc2ccccc21. The summed E-state index contributed by atoms with van der Waals surface area (Å²) in [5, 5.41) is 13.8. The Bertz CT molecular complexity index is 904. The Morgan fingerprint density at radius 3 is 2.74 bits per heavy atom. The Morgan fingerprint density at radius 2 is 1.96 bits per heavy atom. The van der Waals surface area contributed by atoms with Gasteiger partial charge in [-0.1, -0.05) is 37.3 Å². The fraction of sp³-hybridized carbons (Fsp3) is 0.316. The maximum Gasteiger partial charge on any atom is 0.0959 e. The molecule has 0 spiro atoms. The lowest BCUT2D eigenvalue weighted by atomic mass is 10.2. The summed E-state index contributed by atoms with van der Waals surface area (Å²) in [6, 6.07) is 10.3. The number of aliphatic hydroxyl groups excluding tert-OH is 1. The van der Waals surface area contributed by atoms with Crippen molar-refractivity contribution in [2.75, 3.05) is 0 Å². The van der Waals surface area contributed by atoms with Gasteiger partial charge in [-0.3, -0.25) is 0 Å². The van der Waals surface area contributed by atoms with E-state index in [1.165, 1.54) is 5.39 Å². The molecule has 0 saturated carbocycles. The zero-order valence-corrected chi connectivity index (χ0v) is 13.7. The standard InChI is InChI=1S/C19H23N3O/c1-3-7-17-18(4-2)22(14-20-17)13-16(23)12-21-11-10-15-8-5-6-9-19(15)21/h4-11,14,16,23H,3,12-13H2,1-2H3/b17-7+,18-4+. The highest BCUT2D eigenvalue weighted by atomic mass is 16.3. The predicted molar refractivity (Wildman–Crippen MR) is 94.3 cm³/mol. The molecule has 1 N–H and O–H groups in total. The Kier molecular flexibility index (Phi) is 4.63. The summed E-state index contributed by atoms with van der Waals surface area (Å²) in [5.74, 6) is 0. The molecule has 0 aliphatic rings. The van der Waals surface area contributed by atoms with Crippen molar-refractivity contribution in [1.82, 2.24) is 14.1 Å². The van der Waals surface area contributed by atoms with Gasteiger partial charge in [0.15, 0.2) is 0 Å². The molecule has 2 heterocycles. The second kappa shape index (κ2) is 6.84. The Morgan fingerprint density at radius 1 is 1.17 bits per heavy atom. The number of imidazole rings is 1. The molecule has 23 heavy (non-hydrogen) atoms. The minimum Gasteiger partial charge on any atom is -0.389 e. The zero-order chi connectivity index (χ0) is 16.2. The predicted octanol–water partition coefficient (Wildman–Crippen LogP) is 1.89. The summed E-state index contributed by atoms with van der Waals surface area (Å²) < 4.78 is 4.13. The molecular weight excluding hydrogens is 286 g/mol. The maximum absolute atomic E-state index is 10.5. The third-order valence-corrected chi connectivity index (χ3v) is 4.07. The highest BCUT2D eigenvalue weighted by Gasteiger charge is 2.09. The smallest absolute Gasteiger partial charge is 0.0959 e. The number of fused-ring (bicyclic) bond motifs is 1. The van der Waals surface area contributed by atoms with Crippen LogP contribution in [0.3, 0.4) is 0 Å². The van der Waals surface area contributed by atoms with Gasteiger partial charge in [-0.05, 0) is 30.9 Å². The monoisotopic (exact) mass is 309 g/mol. The largest absolute Gasteiger partial charge is 0.389 e. The van der Waals surface area contributed by atoms with Crippen LogP contribution in [0.5, 0.6) is 0 Å². The van der Waals surface area contributed by atoms with Gasteiger partial charge in [-0.25, -0.2) is 4.98 Å². The number of rotatable bonds is 5. The number of hydrogen-bond donors (Lipinski definition) is 1. The molecule has 4 nitrogen and oxygen atoms in total. The van der Waals surface area contributed by atoms with Crippen LogP contribution in [-0.4, -0.2) is 25.3 Å². The van der Waals surface area contributed by atoms with E-state index in [-0.39, 0.29) is 0 Å². The first-order valence-electron chi connectivity index (χ1n) is 8.12. The van der Waals surface area contributed by atoms with Crippen molar-refractivity contribution in [3.8, 4) is 0 Å². The second-order valence-electron chi connectivity index (χ2n) is 5.75. The molecule has 4 heteroatoms. The molecule has 1 aromatic carbocycles. The van der Waals surface area contributed by atoms with Crippen LogP contribution in [0, 0.1) is 0 Å². The van der Waals surface area contributed by atoms with Crippen molar-refractivity contribution in [2.24, 2.45) is 0 Å². The highest BCUT2D eigenvalue weighted by molar-refractivity contribution is 5.79. The molecule has 0 saturated heterocycles. The van der Waals surface area contributed by atoms with E-state index in [9.17, 15) is 5.11 Å². The van der Waals surface area contributed by atoms with E-state index in [4.69, 9.17) is 0 Å². The van der Waals surface area contributed by atoms with Gasteiger partial charge in [-0.15, -0.1) is 0 Å². The van der Waals surface area contributed by atoms with Crippen molar-refractivity contribution in [1.29, 1.82) is 0 Å². The third kappa shape index (κ3) is 3.22. The molecule has 0 bridgehead atoms. The van der Waals surface area contributed by atoms with E-state index < -0.39 is 6.10 Å². The van der Waals surface area contributed by atoms with Gasteiger partial charge in [0, 0.05) is 11.7 Å². The van der Waals surface area contributed by atoms with Crippen LogP contribution in [0.4, 0.5) is 0 Å². The average molecular weight is 309 g/mol. The van der Waals surface area contributed by atoms with Crippen molar-refractivity contribution < 1.29 is 5.11 Å². The van der Waals surface area contributed by atoms with Crippen LogP contribution in [0.15, 0.2) is 42.9 Å². The fourth-order valence-corrected chi connectivity index (χ4v) is 3.03. The summed E-state index contributed by atoms with van der Waals surface area (Å²) in [6.07, 6.45) is 8.49. The molecule has 0 aliphatic heterocycles. The van der Waals surface area contributed by atoms with Crippen LogP contribution in [-0.2, 0) is 13.1 Å². The van der Waals surface area contributed by atoms with Crippen molar-refractivity contribution in [2.45, 2.75) is 39.5 Å². The molecule has 0 amide bonds. The summed E-state index contributed by atoms with van der Waals surface area (Å²) in [7, 11) is 0. The number of nitrogens with zero attached hydrogens (tertiary/aromatic N) is 3. The number of benzene rings is 1. The highest BCUT2D eigenvalue weighted by Crippen LogP contribution is 2.15. The van der Waals surface area contributed by atoms with E-state index in [0.29, 0.717) is 13.1 Å². The molecular formula is C19H23N3O. The molecule has 0 aliphatic carbocycles. The van der Waals surface area contributed by atoms with Crippen LogP contribution in [0.1, 0.15) is 20.3 Å². The van der Waals surface area contributed by atoms with E-state index in [0.717, 1.165) is 22.6 Å². The van der Waals surface area contributed by atoms with E-state index in [2.05, 4.69) is 40.7 Å². The normalized spacial score (nSPS) is 14.7. The van der Waals surface area contributed by atoms with E-state index >= 15 is 0 Å². The molecule has 3 rings (SSSR count). The van der Waals surface area contributed by atoms with Crippen LogP contribution in [0.2, 0.25) is 0 Å². The first-order chi connectivity index (χ1) is 11.2. The first kappa shape index (κ1) is 15.6. The molecule has 1 atom stereocenters. The van der Waals surface area contributed by atoms with Crippen molar-refractivity contribution >= 4 is 23.1 Å². The molecule has 120 valence electrons. The Labute approximate surface area is 136 Å². The minimum absolute atomic E-state index is 0.465. The van der Waals surface area contributed by atoms with Gasteiger partial charge in [-0.2, -0.15) is 0 Å². The van der Waals surface area contributed by atoms with E-state index in [1.807, 2.05) is 42.2 Å². The fourth-order valence-electron chi connectivity index (χ4n) is 3.03. The molecule has 1 unspecified atom stereocenters. The number of aliphatic hydroxyl groups is 1. The van der Waals surface area contributed by atoms with Crippen molar-refractivity contribution in [3.05, 3.63) is 53.6 Å². The van der Waals surface area contributed by atoms with Gasteiger partial charge in [0.25, 0.3) is 0 Å². The average Bonchev–Trinajstić information content (AvgIpc) is 3.12. The minimum atomic E-state index is -0.465. The quantitative estimate of drug-likeness (QED) is 0.782. The lowest BCUT2D eigenvalue weighted by Crippen LogP contribution is -2.33. The summed E-state index contributed by atoms with van der Waals surface area (Å²) in [5.41, 5.74) is 1.15. The van der Waals surface area contributed by atoms with Gasteiger partial charge < -0.3 is 14.2 Å². The first-order valence-corrected chi connectivity index (χ1v) is 8.12. The molecule has 3 aromatic rings. The lowest BCUT2D eigenvalue weighted by Gasteiger charge is -2.13. The van der Waals surface area contributed by atoms with Crippen LogP contribution in [0.25, 0.3) is 23.1 Å². The number of para-hydroxylation sites is 1. The molecule has 2 aromatic heterocycles. The van der Waals surface area contributed by atoms with E-state index in [1.54, 1.807) is 0 Å².